The first-order chi connectivity index (χ1) is 6.65. The van der Waals surface area contributed by atoms with Gasteiger partial charge in [-0.25, -0.2) is 0 Å². The standard InChI is InChI=1S/C11H18ClNO/c1-9(14)13-5-4-11(8-13)3-2-10(6-11)7-12/h10H,2-8H2,1H3/t10-,11+/m0/s1. The van der Waals surface area contributed by atoms with Crippen molar-refractivity contribution in [3.05, 3.63) is 0 Å². The normalized spacial score (nSPS) is 37.0. The van der Waals surface area contributed by atoms with Crippen molar-refractivity contribution in [2.45, 2.75) is 32.6 Å². The summed E-state index contributed by atoms with van der Waals surface area (Å²) < 4.78 is 0. The molecule has 2 fully saturated rings. The number of amides is 1. The van der Waals surface area contributed by atoms with Gasteiger partial charge in [0.2, 0.25) is 5.91 Å². The molecular weight excluding hydrogens is 198 g/mol. The molecule has 2 aliphatic rings. The summed E-state index contributed by atoms with van der Waals surface area (Å²) in [7, 11) is 0. The summed E-state index contributed by atoms with van der Waals surface area (Å²) in [4.78, 5) is 13.2. The van der Waals surface area contributed by atoms with E-state index in [2.05, 4.69) is 0 Å². The van der Waals surface area contributed by atoms with Gasteiger partial charge in [-0.3, -0.25) is 4.79 Å². The van der Waals surface area contributed by atoms with Crippen molar-refractivity contribution < 1.29 is 4.79 Å². The molecule has 1 spiro atoms. The Morgan fingerprint density at radius 3 is 2.86 bits per heavy atom. The molecule has 14 heavy (non-hydrogen) atoms. The summed E-state index contributed by atoms with van der Waals surface area (Å²) in [5.74, 6) is 1.72. The smallest absolute Gasteiger partial charge is 0.219 e. The van der Waals surface area contributed by atoms with Gasteiger partial charge in [-0.15, -0.1) is 11.6 Å². The zero-order chi connectivity index (χ0) is 10.2. The molecule has 1 aliphatic heterocycles. The van der Waals surface area contributed by atoms with Gasteiger partial charge in [0.05, 0.1) is 0 Å². The molecule has 0 aromatic carbocycles. The molecule has 0 aromatic heterocycles. The van der Waals surface area contributed by atoms with Crippen LogP contribution in [0.1, 0.15) is 32.6 Å². The molecule has 0 bridgehead atoms. The van der Waals surface area contributed by atoms with Crippen LogP contribution in [0, 0.1) is 11.3 Å². The molecular formula is C11H18ClNO. The number of carbonyl (C=O) groups excluding carboxylic acids is 1. The van der Waals surface area contributed by atoms with Gasteiger partial charge in [0.15, 0.2) is 0 Å². The second kappa shape index (κ2) is 3.73. The van der Waals surface area contributed by atoms with Crippen LogP contribution in [0.2, 0.25) is 0 Å². The summed E-state index contributed by atoms with van der Waals surface area (Å²) >= 11 is 5.89. The molecule has 2 nitrogen and oxygen atoms in total. The van der Waals surface area contributed by atoms with E-state index in [4.69, 9.17) is 11.6 Å². The van der Waals surface area contributed by atoms with E-state index in [0.717, 1.165) is 19.0 Å². The minimum absolute atomic E-state index is 0.233. The lowest BCUT2D eigenvalue weighted by molar-refractivity contribution is -0.128. The van der Waals surface area contributed by atoms with E-state index in [1.165, 1.54) is 25.7 Å². The summed E-state index contributed by atoms with van der Waals surface area (Å²) in [6.07, 6.45) is 4.96. The summed E-state index contributed by atoms with van der Waals surface area (Å²) in [5.41, 5.74) is 0.436. The van der Waals surface area contributed by atoms with Crippen molar-refractivity contribution in [2.75, 3.05) is 19.0 Å². The van der Waals surface area contributed by atoms with Gasteiger partial charge in [0, 0.05) is 25.9 Å². The summed E-state index contributed by atoms with van der Waals surface area (Å²) in [5, 5.41) is 0. The summed E-state index contributed by atoms with van der Waals surface area (Å²) in [6.45, 7) is 3.62. The molecule has 2 rings (SSSR count). The van der Waals surface area contributed by atoms with Crippen LogP contribution in [-0.2, 0) is 4.79 Å². The number of hydrogen-bond donors (Lipinski definition) is 0. The first-order valence-corrected chi connectivity index (χ1v) is 6.00. The monoisotopic (exact) mass is 215 g/mol. The Morgan fingerprint density at radius 1 is 1.57 bits per heavy atom. The number of rotatable bonds is 1. The van der Waals surface area contributed by atoms with E-state index in [9.17, 15) is 4.79 Å². The fourth-order valence-electron chi connectivity index (χ4n) is 3.03. The van der Waals surface area contributed by atoms with Crippen LogP contribution in [0.5, 0.6) is 0 Å². The second-order valence-corrected chi connectivity index (χ2v) is 5.26. The van der Waals surface area contributed by atoms with Crippen LogP contribution < -0.4 is 0 Å². The zero-order valence-electron chi connectivity index (χ0n) is 8.76. The highest BCUT2D eigenvalue weighted by Crippen LogP contribution is 2.48. The molecule has 1 saturated heterocycles. The van der Waals surface area contributed by atoms with Gasteiger partial charge in [-0.05, 0) is 37.0 Å². The van der Waals surface area contributed by atoms with Crippen LogP contribution >= 0.6 is 11.6 Å². The Kier molecular flexibility index (Phi) is 2.74. The Hall–Kier alpha value is -0.240. The molecule has 80 valence electrons. The third-order valence-corrected chi connectivity index (χ3v) is 4.34. The fraction of sp³-hybridized carbons (Fsp3) is 0.909. The van der Waals surface area contributed by atoms with Gasteiger partial charge >= 0.3 is 0 Å². The second-order valence-electron chi connectivity index (χ2n) is 4.95. The highest BCUT2D eigenvalue weighted by Gasteiger charge is 2.44. The average Bonchev–Trinajstić information content (AvgIpc) is 2.74. The lowest BCUT2D eigenvalue weighted by atomic mass is 9.85. The van der Waals surface area contributed by atoms with Crippen LogP contribution in [0.4, 0.5) is 0 Å². The van der Waals surface area contributed by atoms with Crippen molar-refractivity contribution in [3.63, 3.8) is 0 Å². The Morgan fingerprint density at radius 2 is 2.36 bits per heavy atom. The molecule has 0 radical (unpaired) electrons. The van der Waals surface area contributed by atoms with Crippen LogP contribution in [0.3, 0.4) is 0 Å². The van der Waals surface area contributed by atoms with Crippen molar-refractivity contribution in [1.29, 1.82) is 0 Å². The maximum atomic E-state index is 11.2. The minimum Gasteiger partial charge on any atom is -0.342 e. The zero-order valence-corrected chi connectivity index (χ0v) is 9.52. The molecule has 1 aliphatic carbocycles. The predicted molar refractivity (Wildman–Crippen MR) is 57.4 cm³/mol. The fourth-order valence-corrected chi connectivity index (χ4v) is 3.30. The molecule has 1 heterocycles. The highest BCUT2D eigenvalue weighted by atomic mass is 35.5. The molecule has 3 heteroatoms. The van der Waals surface area contributed by atoms with Gasteiger partial charge in [-0.1, -0.05) is 0 Å². The van der Waals surface area contributed by atoms with Crippen molar-refractivity contribution in [3.8, 4) is 0 Å². The molecule has 0 N–H and O–H groups in total. The molecule has 0 aromatic rings. The van der Waals surface area contributed by atoms with Gasteiger partial charge < -0.3 is 4.90 Å². The Bertz CT molecular complexity index is 243. The largest absolute Gasteiger partial charge is 0.342 e. The van der Waals surface area contributed by atoms with Gasteiger partial charge in [0.25, 0.3) is 0 Å². The predicted octanol–water partition coefficient (Wildman–Crippen LogP) is 2.26. The average molecular weight is 216 g/mol. The summed E-state index contributed by atoms with van der Waals surface area (Å²) in [6, 6.07) is 0. The number of hydrogen-bond acceptors (Lipinski definition) is 1. The van der Waals surface area contributed by atoms with Crippen LogP contribution in [0.15, 0.2) is 0 Å². The number of nitrogens with zero attached hydrogens (tertiary/aromatic N) is 1. The topological polar surface area (TPSA) is 20.3 Å². The van der Waals surface area contributed by atoms with Gasteiger partial charge in [0.1, 0.15) is 0 Å². The van der Waals surface area contributed by atoms with Crippen molar-refractivity contribution >= 4 is 17.5 Å². The number of carbonyl (C=O) groups is 1. The number of alkyl halides is 1. The van der Waals surface area contributed by atoms with E-state index in [0.29, 0.717) is 11.3 Å². The van der Waals surface area contributed by atoms with E-state index in [1.54, 1.807) is 6.92 Å². The maximum absolute atomic E-state index is 11.2. The lowest BCUT2D eigenvalue weighted by Gasteiger charge is -2.23. The van der Waals surface area contributed by atoms with E-state index >= 15 is 0 Å². The highest BCUT2D eigenvalue weighted by molar-refractivity contribution is 6.18. The first-order valence-electron chi connectivity index (χ1n) is 5.47. The minimum atomic E-state index is 0.233. The molecule has 2 atom stereocenters. The molecule has 1 saturated carbocycles. The van der Waals surface area contributed by atoms with Crippen molar-refractivity contribution in [1.82, 2.24) is 4.90 Å². The van der Waals surface area contributed by atoms with Crippen LogP contribution in [-0.4, -0.2) is 29.8 Å². The van der Waals surface area contributed by atoms with Crippen LogP contribution in [0.25, 0.3) is 0 Å². The van der Waals surface area contributed by atoms with Crippen molar-refractivity contribution in [2.24, 2.45) is 11.3 Å². The number of likely N-dealkylation sites (tertiary alicyclic amines) is 1. The SMILES string of the molecule is CC(=O)N1CC[C@@]2(CC[C@H](CCl)C2)C1. The third kappa shape index (κ3) is 1.77. The van der Waals surface area contributed by atoms with E-state index < -0.39 is 0 Å². The maximum Gasteiger partial charge on any atom is 0.219 e. The Labute approximate surface area is 90.6 Å². The quantitative estimate of drug-likeness (QED) is 0.615. The molecule has 0 unspecified atom stereocenters. The number of halogens is 1. The van der Waals surface area contributed by atoms with E-state index in [-0.39, 0.29) is 5.91 Å². The molecule has 1 amide bonds. The lowest BCUT2D eigenvalue weighted by Crippen LogP contribution is -2.29. The first kappa shape index (κ1) is 10.3. The van der Waals surface area contributed by atoms with E-state index in [1.807, 2.05) is 4.90 Å². The third-order valence-electron chi connectivity index (χ3n) is 3.91. The van der Waals surface area contributed by atoms with Gasteiger partial charge in [-0.2, -0.15) is 0 Å². The Balaban J connectivity index is 1.97.